The van der Waals surface area contributed by atoms with Crippen molar-refractivity contribution in [2.24, 2.45) is 0 Å². The molecule has 0 aliphatic carbocycles. The van der Waals surface area contributed by atoms with Crippen LogP contribution < -0.4 is 5.32 Å². The van der Waals surface area contributed by atoms with Crippen molar-refractivity contribution >= 4 is 5.91 Å². The summed E-state index contributed by atoms with van der Waals surface area (Å²) in [6.45, 7) is 8.32. The van der Waals surface area contributed by atoms with Gasteiger partial charge in [0.2, 0.25) is 0 Å². The van der Waals surface area contributed by atoms with Crippen molar-refractivity contribution in [2.75, 3.05) is 6.54 Å². The molecule has 0 fully saturated rings. The average molecular weight is 327 g/mol. The molecule has 24 heavy (non-hydrogen) atoms. The molecule has 3 aromatic rings. The number of aromatic nitrogens is 4. The average Bonchev–Trinajstić information content (AvgIpc) is 3.24. The Morgan fingerprint density at radius 1 is 1.33 bits per heavy atom. The first-order valence-electron chi connectivity index (χ1n) is 7.87. The number of hydrogen-bond donors (Lipinski definition) is 2. The lowest BCUT2D eigenvalue weighted by atomic mass is 10.2. The second-order valence-corrected chi connectivity index (χ2v) is 6.01. The van der Waals surface area contributed by atoms with Crippen molar-refractivity contribution in [1.29, 1.82) is 0 Å². The van der Waals surface area contributed by atoms with Crippen LogP contribution in [0.2, 0.25) is 0 Å². The number of H-pyrrole nitrogens is 1. The summed E-state index contributed by atoms with van der Waals surface area (Å²) >= 11 is 0. The summed E-state index contributed by atoms with van der Waals surface area (Å²) in [7, 11) is 0. The maximum absolute atomic E-state index is 12.3. The third kappa shape index (κ3) is 3.24. The molecular formula is C17H21N5O2. The topological polar surface area (TPSA) is 88.7 Å². The maximum Gasteiger partial charge on any atom is 0.271 e. The normalized spacial score (nSPS) is 12.3. The molecule has 2 N–H and O–H groups in total. The zero-order chi connectivity index (χ0) is 17.3. The lowest BCUT2D eigenvalue weighted by Crippen LogP contribution is -2.30. The zero-order valence-corrected chi connectivity index (χ0v) is 14.3. The number of rotatable bonds is 5. The van der Waals surface area contributed by atoms with Gasteiger partial charge >= 0.3 is 0 Å². The van der Waals surface area contributed by atoms with E-state index in [-0.39, 0.29) is 11.9 Å². The number of furan rings is 1. The van der Waals surface area contributed by atoms with Gasteiger partial charge in [0.15, 0.2) is 11.5 Å². The van der Waals surface area contributed by atoms with Gasteiger partial charge in [0.1, 0.15) is 11.5 Å². The van der Waals surface area contributed by atoms with E-state index >= 15 is 0 Å². The number of nitrogens with zero attached hydrogens (tertiary/aromatic N) is 3. The minimum absolute atomic E-state index is 0.0637. The van der Waals surface area contributed by atoms with Crippen molar-refractivity contribution < 1.29 is 9.21 Å². The summed E-state index contributed by atoms with van der Waals surface area (Å²) in [6.07, 6.45) is 0. The molecule has 3 aromatic heterocycles. The fraction of sp³-hybridized carbons (Fsp3) is 0.353. The largest absolute Gasteiger partial charge is 0.460 e. The first kappa shape index (κ1) is 16.0. The first-order valence-corrected chi connectivity index (χ1v) is 7.87. The molecule has 0 spiro atoms. The Balaban J connectivity index is 1.63. The molecule has 1 atom stereocenters. The van der Waals surface area contributed by atoms with Crippen LogP contribution >= 0.6 is 0 Å². The number of carbonyl (C=O) groups is 1. The molecule has 3 heterocycles. The Labute approximate surface area is 140 Å². The minimum atomic E-state index is -0.228. The van der Waals surface area contributed by atoms with Gasteiger partial charge in [-0.15, -0.1) is 0 Å². The van der Waals surface area contributed by atoms with Crippen molar-refractivity contribution in [3.8, 4) is 11.5 Å². The highest BCUT2D eigenvalue weighted by Crippen LogP contribution is 2.20. The fourth-order valence-electron chi connectivity index (χ4n) is 2.65. The van der Waals surface area contributed by atoms with E-state index in [0.717, 1.165) is 17.1 Å². The third-order valence-electron chi connectivity index (χ3n) is 3.84. The van der Waals surface area contributed by atoms with Gasteiger partial charge in [0, 0.05) is 18.3 Å². The van der Waals surface area contributed by atoms with Gasteiger partial charge in [-0.2, -0.15) is 10.2 Å². The number of aromatic amines is 1. The van der Waals surface area contributed by atoms with Crippen LogP contribution in [0.1, 0.15) is 40.6 Å². The monoisotopic (exact) mass is 327 g/mol. The predicted octanol–water partition coefficient (Wildman–Crippen LogP) is 2.78. The fourth-order valence-corrected chi connectivity index (χ4v) is 2.65. The molecule has 3 rings (SSSR count). The summed E-state index contributed by atoms with van der Waals surface area (Å²) in [5, 5.41) is 14.2. The summed E-state index contributed by atoms with van der Waals surface area (Å²) in [4.78, 5) is 12.3. The van der Waals surface area contributed by atoms with Crippen molar-refractivity contribution in [2.45, 2.75) is 33.7 Å². The summed E-state index contributed by atoms with van der Waals surface area (Å²) in [6, 6.07) is 7.47. The molecule has 0 unspecified atom stereocenters. The van der Waals surface area contributed by atoms with Crippen LogP contribution in [0.5, 0.6) is 0 Å². The highest BCUT2D eigenvalue weighted by Gasteiger charge is 2.15. The van der Waals surface area contributed by atoms with Crippen molar-refractivity contribution in [3.05, 3.63) is 47.1 Å². The Kier molecular flexibility index (Phi) is 4.24. The van der Waals surface area contributed by atoms with E-state index in [1.807, 2.05) is 50.6 Å². The van der Waals surface area contributed by atoms with Gasteiger partial charge in [-0.05, 0) is 45.9 Å². The van der Waals surface area contributed by atoms with E-state index in [1.165, 1.54) is 0 Å². The zero-order valence-electron chi connectivity index (χ0n) is 14.3. The van der Waals surface area contributed by atoms with Crippen LogP contribution in [0.25, 0.3) is 11.5 Å². The molecule has 1 amide bonds. The molecule has 0 aliphatic rings. The minimum Gasteiger partial charge on any atom is -0.460 e. The highest BCUT2D eigenvalue weighted by molar-refractivity contribution is 5.93. The van der Waals surface area contributed by atoms with Gasteiger partial charge < -0.3 is 9.73 Å². The molecule has 0 aromatic carbocycles. The molecular weight excluding hydrogens is 306 g/mol. The van der Waals surface area contributed by atoms with Crippen LogP contribution in [0.4, 0.5) is 0 Å². The van der Waals surface area contributed by atoms with Crippen molar-refractivity contribution in [1.82, 2.24) is 25.3 Å². The van der Waals surface area contributed by atoms with Gasteiger partial charge in [-0.1, -0.05) is 0 Å². The quantitative estimate of drug-likeness (QED) is 0.754. The number of hydrogen-bond acceptors (Lipinski definition) is 4. The third-order valence-corrected chi connectivity index (χ3v) is 3.84. The van der Waals surface area contributed by atoms with E-state index in [0.29, 0.717) is 23.7 Å². The summed E-state index contributed by atoms with van der Waals surface area (Å²) in [5.41, 5.74) is 3.06. The first-order chi connectivity index (χ1) is 11.4. The molecule has 0 bridgehead atoms. The predicted molar refractivity (Wildman–Crippen MR) is 89.8 cm³/mol. The van der Waals surface area contributed by atoms with E-state index in [4.69, 9.17) is 4.42 Å². The smallest absolute Gasteiger partial charge is 0.271 e. The van der Waals surface area contributed by atoms with Crippen LogP contribution in [0, 0.1) is 20.8 Å². The lowest BCUT2D eigenvalue weighted by Gasteiger charge is -2.14. The Morgan fingerprint density at radius 3 is 2.75 bits per heavy atom. The van der Waals surface area contributed by atoms with Gasteiger partial charge in [-0.25, -0.2) is 0 Å². The maximum atomic E-state index is 12.3. The number of aryl methyl sites for hydroxylation is 3. The second kappa shape index (κ2) is 6.35. The van der Waals surface area contributed by atoms with Crippen LogP contribution in [0.15, 0.2) is 28.7 Å². The Hall–Kier alpha value is -2.83. The molecule has 126 valence electrons. The van der Waals surface area contributed by atoms with E-state index in [2.05, 4.69) is 20.6 Å². The second-order valence-electron chi connectivity index (χ2n) is 6.01. The molecule has 7 heteroatoms. The molecule has 0 saturated heterocycles. The van der Waals surface area contributed by atoms with E-state index in [1.54, 1.807) is 6.07 Å². The summed E-state index contributed by atoms with van der Waals surface area (Å²) in [5.74, 6) is 1.24. The standard InChI is InChI=1S/C17H21N5O2/c1-10-7-11(2)22(21-10)12(3)9-18-17(23)15-8-14(19-20-15)16-6-5-13(4)24-16/h5-8,12H,9H2,1-4H3,(H,18,23)(H,19,20)/t12-/m0/s1. The molecule has 7 nitrogen and oxygen atoms in total. The number of carbonyl (C=O) groups excluding carboxylic acids is 1. The van der Waals surface area contributed by atoms with Crippen LogP contribution in [-0.4, -0.2) is 32.4 Å². The highest BCUT2D eigenvalue weighted by atomic mass is 16.3. The van der Waals surface area contributed by atoms with Crippen LogP contribution in [0.3, 0.4) is 0 Å². The van der Waals surface area contributed by atoms with Gasteiger partial charge in [0.25, 0.3) is 5.91 Å². The molecule has 0 radical (unpaired) electrons. The van der Waals surface area contributed by atoms with Crippen LogP contribution in [-0.2, 0) is 0 Å². The number of nitrogens with one attached hydrogen (secondary N) is 2. The lowest BCUT2D eigenvalue weighted by molar-refractivity contribution is 0.0942. The summed E-state index contributed by atoms with van der Waals surface area (Å²) < 4.78 is 7.43. The van der Waals surface area contributed by atoms with Gasteiger partial charge in [-0.3, -0.25) is 14.6 Å². The Bertz CT molecular complexity index is 858. The molecule has 0 saturated carbocycles. The van der Waals surface area contributed by atoms with Gasteiger partial charge in [0.05, 0.1) is 11.7 Å². The Morgan fingerprint density at radius 2 is 2.12 bits per heavy atom. The SMILES string of the molecule is Cc1cc(C)n([C@@H](C)CNC(=O)c2cc(-c3ccc(C)o3)[nH]n2)n1. The number of amides is 1. The van der Waals surface area contributed by atoms with E-state index < -0.39 is 0 Å². The van der Waals surface area contributed by atoms with Crippen molar-refractivity contribution in [3.63, 3.8) is 0 Å². The molecule has 0 aliphatic heterocycles. The van der Waals surface area contributed by atoms with E-state index in [9.17, 15) is 4.79 Å².